The summed E-state index contributed by atoms with van der Waals surface area (Å²) in [5.41, 5.74) is 0. The van der Waals surface area contributed by atoms with Gasteiger partial charge in [-0.1, -0.05) is 0 Å². The number of amides is 1. The lowest BCUT2D eigenvalue weighted by molar-refractivity contribution is -0.133. The highest BCUT2D eigenvalue weighted by Gasteiger charge is 2.32. The highest BCUT2D eigenvalue weighted by atomic mass is 16.5. The minimum Gasteiger partial charge on any atom is -0.383 e. The van der Waals surface area contributed by atoms with Gasteiger partial charge in [0.05, 0.1) is 13.2 Å². The van der Waals surface area contributed by atoms with Crippen LogP contribution in [-0.2, 0) is 9.53 Å². The average Bonchev–Trinajstić information content (AvgIpc) is 3.13. The van der Waals surface area contributed by atoms with Gasteiger partial charge >= 0.3 is 0 Å². The molecule has 1 N–H and O–H groups in total. The van der Waals surface area contributed by atoms with Crippen LogP contribution in [0.5, 0.6) is 0 Å². The predicted octanol–water partition coefficient (Wildman–Crippen LogP) is 0.698. The number of nitrogens with one attached hydrogen (secondary N) is 1. The highest BCUT2D eigenvalue weighted by molar-refractivity contribution is 5.78. The molecule has 1 aliphatic carbocycles. The Balaban J connectivity index is 1.82. The van der Waals surface area contributed by atoms with Crippen molar-refractivity contribution < 1.29 is 9.53 Å². The number of hydrogen-bond acceptors (Lipinski definition) is 4. The first-order valence-electron chi connectivity index (χ1n) is 7.98. The molecule has 1 unspecified atom stereocenters. The second-order valence-corrected chi connectivity index (χ2v) is 5.93. The van der Waals surface area contributed by atoms with Gasteiger partial charge in [-0.3, -0.25) is 9.69 Å². The minimum absolute atomic E-state index is 0.282. The van der Waals surface area contributed by atoms with Crippen molar-refractivity contribution in [3.63, 3.8) is 0 Å². The summed E-state index contributed by atoms with van der Waals surface area (Å²) in [5, 5.41) is 3.51. The molecule has 1 saturated carbocycles. The summed E-state index contributed by atoms with van der Waals surface area (Å²) in [6.45, 7) is 7.04. The van der Waals surface area contributed by atoms with Crippen molar-refractivity contribution >= 4 is 5.91 Å². The Morgan fingerprint density at radius 2 is 2.15 bits per heavy atom. The second kappa shape index (κ2) is 7.96. The van der Waals surface area contributed by atoms with E-state index in [1.54, 1.807) is 7.11 Å². The SMILES string of the molecule is CCN(C(=O)CN(CCOC)CC1CCCN1)C1CC1. The Labute approximate surface area is 122 Å². The largest absolute Gasteiger partial charge is 0.383 e. The van der Waals surface area contributed by atoms with E-state index in [0.717, 1.165) is 26.2 Å². The second-order valence-electron chi connectivity index (χ2n) is 5.93. The van der Waals surface area contributed by atoms with E-state index in [9.17, 15) is 4.79 Å². The van der Waals surface area contributed by atoms with Crippen molar-refractivity contribution in [1.29, 1.82) is 0 Å². The highest BCUT2D eigenvalue weighted by Crippen LogP contribution is 2.26. The van der Waals surface area contributed by atoms with E-state index in [4.69, 9.17) is 4.74 Å². The van der Waals surface area contributed by atoms with E-state index < -0.39 is 0 Å². The molecular weight excluding hydrogens is 254 g/mol. The van der Waals surface area contributed by atoms with Gasteiger partial charge < -0.3 is 15.0 Å². The first kappa shape index (κ1) is 15.7. The zero-order valence-corrected chi connectivity index (χ0v) is 12.9. The molecule has 1 atom stereocenters. The lowest BCUT2D eigenvalue weighted by Gasteiger charge is -2.28. The van der Waals surface area contributed by atoms with Gasteiger partial charge in [0.15, 0.2) is 0 Å². The molecule has 2 aliphatic rings. The molecule has 5 heteroatoms. The molecular formula is C15H29N3O2. The molecule has 0 aromatic carbocycles. The number of likely N-dealkylation sites (N-methyl/N-ethyl adjacent to an activating group) is 1. The van der Waals surface area contributed by atoms with Crippen LogP contribution in [0.3, 0.4) is 0 Å². The fourth-order valence-corrected chi connectivity index (χ4v) is 2.99. The molecule has 0 bridgehead atoms. The number of carbonyl (C=O) groups is 1. The summed E-state index contributed by atoms with van der Waals surface area (Å²) in [7, 11) is 1.72. The number of hydrogen-bond donors (Lipinski definition) is 1. The molecule has 1 aliphatic heterocycles. The molecule has 20 heavy (non-hydrogen) atoms. The van der Waals surface area contributed by atoms with Crippen molar-refractivity contribution in [2.75, 3.05) is 46.4 Å². The van der Waals surface area contributed by atoms with Crippen LogP contribution in [0.2, 0.25) is 0 Å². The molecule has 1 amide bonds. The van der Waals surface area contributed by atoms with E-state index in [1.807, 2.05) is 4.90 Å². The maximum Gasteiger partial charge on any atom is 0.236 e. The lowest BCUT2D eigenvalue weighted by Crippen LogP contribution is -2.46. The molecule has 116 valence electrons. The van der Waals surface area contributed by atoms with Crippen molar-refractivity contribution in [1.82, 2.24) is 15.1 Å². The van der Waals surface area contributed by atoms with Gasteiger partial charge in [0.25, 0.3) is 0 Å². The van der Waals surface area contributed by atoms with Crippen LogP contribution in [0.25, 0.3) is 0 Å². The van der Waals surface area contributed by atoms with Crippen molar-refractivity contribution in [2.24, 2.45) is 0 Å². The zero-order valence-electron chi connectivity index (χ0n) is 12.9. The third-order valence-electron chi connectivity index (χ3n) is 4.26. The molecule has 1 saturated heterocycles. The monoisotopic (exact) mass is 283 g/mol. The van der Waals surface area contributed by atoms with E-state index >= 15 is 0 Å². The van der Waals surface area contributed by atoms with Crippen LogP contribution in [0.4, 0.5) is 0 Å². The Kier molecular flexibility index (Phi) is 6.26. The van der Waals surface area contributed by atoms with Gasteiger partial charge in [-0.2, -0.15) is 0 Å². The molecule has 2 fully saturated rings. The van der Waals surface area contributed by atoms with Gasteiger partial charge in [-0.25, -0.2) is 0 Å². The number of rotatable bonds is 9. The van der Waals surface area contributed by atoms with Crippen LogP contribution >= 0.6 is 0 Å². The summed E-state index contributed by atoms with van der Waals surface area (Å²) >= 11 is 0. The molecule has 0 radical (unpaired) electrons. The van der Waals surface area contributed by atoms with Gasteiger partial charge in [0, 0.05) is 38.8 Å². The normalized spacial score (nSPS) is 22.4. The summed E-state index contributed by atoms with van der Waals surface area (Å²) < 4.78 is 5.18. The zero-order chi connectivity index (χ0) is 14.4. The van der Waals surface area contributed by atoms with Crippen LogP contribution in [0.15, 0.2) is 0 Å². The smallest absolute Gasteiger partial charge is 0.236 e. The maximum absolute atomic E-state index is 12.4. The Bertz CT molecular complexity index is 301. The Hall–Kier alpha value is -0.650. The Morgan fingerprint density at radius 3 is 2.70 bits per heavy atom. The van der Waals surface area contributed by atoms with Crippen molar-refractivity contribution in [2.45, 2.75) is 44.7 Å². The van der Waals surface area contributed by atoms with E-state index in [-0.39, 0.29) is 5.91 Å². The molecule has 0 aromatic heterocycles. The van der Waals surface area contributed by atoms with Gasteiger partial charge in [-0.15, -0.1) is 0 Å². The van der Waals surface area contributed by atoms with Gasteiger partial charge in [0.2, 0.25) is 5.91 Å². The standard InChI is InChI=1S/C15H29N3O2/c1-3-18(14-6-7-14)15(19)12-17(9-10-20-2)11-13-5-4-8-16-13/h13-14,16H,3-12H2,1-2H3. The van der Waals surface area contributed by atoms with Gasteiger partial charge in [-0.05, 0) is 39.2 Å². The molecule has 0 aromatic rings. The van der Waals surface area contributed by atoms with Crippen LogP contribution in [0, 0.1) is 0 Å². The number of nitrogens with zero attached hydrogens (tertiary/aromatic N) is 2. The van der Waals surface area contributed by atoms with Crippen LogP contribution in [-0.4, -0.2) is 74.2 Å². The molecule has 2 rings (SSSR count). The van der Waals surface area contributed by atoms with E-state index in [0.29, 0.717) is 25.2 Å². The predicted molar refractivity (Wildman–Crippen MR) is 79.7 cm³/mol. The van der Waals surface area contributed by atoms with Gasteiger partial charge in [0.1, 0.15) is 0 Å². The summed E-state index contributed by atoms with van der Waals surface area (Å²) in [5.74, 6) is 0.282. The molecule has 1 heterocycles. The fourth-order valence-electron chi connectivity index (χ4n) is 2.99. The third-order valence-corrected chi connectivity index (χ3v) is 4.26. The maximum atomic E-state index is 12.4. The minimum atomic E-state index is 0.282. The average molecular weight is 283 g/mol. The molecule has 5 nitrogen and oxygen atoms in total. The fraction of sp³-hybridized carbons (Fsp3) is 0.933. The number of methoxy groups -OCH3 is 1. The quantitative estimate of drug-likeness (QED) is 0.676. The first-order valence-corrected chi connectivity index (χ1v) is 7.98. The van der Waals surface area contributed by atoms with Crippen LogP contribution in [0.1, 0.15) is 32.6 Å². The summed E-state index contributed by atoms with van der Waals surface area (Å²) in [6.07, 6.45) is 4.83. The number of ether oxygens (including phenoxy) is 1. The van der Waals surface area contributed by atoms with Crippen molar-refractivity contribution in [3.8, 4) is 0 Å². The topological polar surface area (TPSA) is 44.8 Å². The lowest BCUT2D eigenvalue weighted by atomic mass is 10.2. The van der Waals surface area contributed by atoms with E-state index in [1.165, 1.54) is 25.7 Å². The first-order chi connectivity index (χ1) is 9.74. The summed E-state index contributed by atoms with van der Waals surface area (Å²) in [4.78, 5) is 16.7. The third kappa shape index (κ3) is 4.72. The summed E-state index contributed by atoms with van der Waals surface area (Å²) in [6, 6.07) is 1.05. The van der Waals surface area contributed by atoms with Crippen molar-refractivity contribution in [3.05, 3.63) is 0 Å². The van der Waals surface area contributed by atoms with E-state index in [2.05, 4.69) is 17.1 Å². The number of carbonyl (C=O) groups excluding carboxylic acids is 1. The molecule has 0 spiro atoms. The van der Waals surface area contributed by atoms with Crippen LogP contribution < -0.4 is 5.32 Å². The Morgan fingerprint density at radius 1 is 1.35 bits per heavy atom.